The topological polar surface area (TPSA) is 63.2 Å². The third-order valence-electron chi connectivity index (χ3n) is 4.48. The molecule has 1 fully saturated rings. The molecule has 1 N–H and O–H groups in total. The van der Waals surface area contributed by atoms with Gasteiger partial charge in [-0.1, -0.05) is 24.3 Å². The molecular weight excluding hydrogens is 445 g/mol. The van der Waals surface area contributed by atoms with Crippen LogP contribution in [0, 0.1) is 5.92 Å². The predicted molar refractivity (Wildman–Crippen MR) is 114 cm³/mol. The maximum atomic E-state index is 11.9. The fourth-order valence-electron chi connectivity index (χ4n) is 3.12. The van der Waals surface area contributed by atoms with Gasteiger partial charge in [-0.3, -0.25) is 9.79 Å². The first kappa shape index (κ1) is 22.7. The molecule has 7 heteroatoms. The van der Waals surface area contributed by atoms with Crippen molar-refractivity contribution >= 4 is 35.9 Å². The summed E-state index contributed by atoms with van der Waals surface area (Å²) in [4.78, 5) is 18.5. The van der Waals surface area contributed by atoms with Gasteiger partial charge in [-0.15, -0.1) is 24.0 Å². The molecule has 0 amide bonds. The fourth-order valence-corrected chi connectivity index (χ4v) is 3.12. The van der Waals surface area contributed by atoms with Gasteiger partial charge in [0.25, 0.3) is 0 Å². The lowest BCUT2D eigenvalue weighted by Crippen LogP contribution is -2.46. The van der Waals surface area contributed by atoms with Gasteiger partial charge >= 0.3 is 5.97 Å². The molecule has 0 aliphatic carbocycles. The third kappa shape index (κ3) is 6.42. The molecule has 6 nitrogen and oxygen atoms in total. The standard InChI is InChI=1S/C19H29N3O3.HI/c1-4-25-18(23)15-9-11-22(12-10-15)19(20-2)21-13-16-7-5-6-8-17(16)14-24-3;/h5-8,15H,4,9-14H2,1-3H3,(H,20,21);1H. The highest BCUT2D eigenvalue weighted by Gasteiger charge is 2.27. The number of ether oxygens (including phenoxy) is 2. The average molecular weight is 475 g/mol. The van der Waals surface area contributed by atoms with Gasteiger partial charge in [0.2, 0.25) is 0 Å². The molecule has 0 saturated carbocycles. The number of nitrogens with one attached hydrogen (secondary N) is 1. The Labute approximate surface area is 173 Å². The molecule has 0 unspecified atom stereocenters. The Balaban J connectivity index is 0.00000338. The Morgan fingerprint density at radius 3 is 2.50 bits per heavy atom. The Kier molecular flexibility index (Phi) is 10.6. The minimum atomic E-state index is -0.0708. The number of esters is 1. The van der Waals surface area contributed by atoms with E-state index in [1.165, 1.54) is 11.1 Å². The number of halogens is 1. The molecule has 1 heterocycles. The maximum Gasteiger partial charge on any atom is 0.309 e. The molecule has 26 heavy (non-hydrogen) atoms. The Morgan fingerprint density at radius 1 is 1.27 bits per heavy atom. The van der Waals surface area contributed by atoms with Crippen molar-refractivity contribution in [1.82, 2.24) is 10.2 Å². The van der Waals surface area contributed by atoms with Crippen LogP contribution in [0.15, 0.2) is 29.3 Å². The number of rotatable bonds is 6. The van der Waals surface area contributed by atoms with Crippen molar-refractivity contribution in [2.75, 3.05) is 33.9 Å². The van der Waals surface area contributed by atoms with E-state index in [1.54, 1.807) is 14.2 Å². The van der Waals surface area contributed by atoms with Crippen molar-refractivity contribution in [2.45, 2.75) is 32.9 Å². The van der Waals surface area contributed by atoms with Crippen LogP contribution in [0.5, 0.6) is 0 Å². The highest BCUT2D eigenvalue weighted by molar-refractivity contribution is 14.0. The van der Waals surface area contributed by atoms with E-state index >= 15 is 0 Å². The van der Waals surface area contributed by atoms with E-state index in [0.717, 1.165) is 31.9 Å². The minimum absolute atomic E-state index is 0. The molecule has 0 atom stereocenters. The van der Waals surface area contributed by atoms with E-state index in [1.807, 2.05) is 19.1 Å². The number of aliphatic imine (C=N–C) groups is 1. The molecule has 146 valence electrons. The Hall–Kier alpha value is -1.35. The number of piperidine rings is 1. The van der Waals surface area contributed by atoms with Crippen LogP contribution in [-0.2, 0) is 27.4 Å². The minimum Gasteiger partial charge on any atom is -0.466 e. The quantitative estimate of drug-likeness (QED) is 0.297. The number of methoxy groups -OCH3 is 1. The maximum absolute atomic E-state index is 11.9. The third-order valence-corrected chi connectivity index (χ3v) is 4.48. The lowest BCUT2D eigenvalue weighted by Gasteiger charge is -2.33. The number of carbonyl (C=O) groups is 1. The van der Waals surface area contributed by atoms with Gasteiger partial charge in [0.1, 0.15) is 0 Å². The summed E-state index contributed by atoms with van der Waals surface area (Å²) in [5.74, 6) is 0.810. The number of likely N-dealkylation sites (tertiary alicyclic amines) is 1. The summed E-state index contributed by atoms with van der Waals surface area (Å²) < 4.78 is 10.4. The Bertz CT molecular complexity index is 587. The van der Waals surface area contributed by atoms with Gasteiger partial charge in [0, 0.05) is 33.8 Å². The summed E-state index contributed by atoms with van der Waals surface area (Å²) in [5, 5.41) is 3.43. The molecule has 1 aliphatic heterocycles. The van der Waals surface area contributed by atoms with Gasteiger partial charge < -0.3 is 19.7 Å². The van der Waals surface area contributed by atoms with Crippen molar-refractivity contribution < 1.29 is 14.3 Å². The van der Waals surface area contributed by atoms with Gasteiger partial charge in [-0.25, -0.2) is 0 Å². The molecule has 0 bridgehead atoms. The van der Waals surface area contributed by atoms with Crippen LogP contribution in [-0.4, -0.2) is 50.7 Å². The zero-order valence-electron chi connectivity index (χ0n) is 15.9. The average Bonchev–Trinajstić information content (AvgIpc) is 2.64. The van der Waals surface area contributed by atoms with Crippen molar-refractivity contribution in [3.05, 3.63) is 35.4 Å². The SMILES string of the molecule is CCOC(=O)C1CCN(C(=NC)NCc2ccccc2COC)CC1.I. The molecule has 0 spiro atoms. The van der Waals surface area contributed by atoms with E-state index in [-0.39, 0.29) is 35.9 Å². The summed E-state index contributed by atoms with van der Waals surface area (Å²) >= 11 is 0. The van der Waals surface area contributed by atoms with Crippen LogP contribution in [0.2, 0.25) is 0 Å². The van der Waals surface area contributed by atoms with Crippen molar-refractivity contribution in [3.63, 3.8) is 0 Å². The Morgan fingerprint density at radius 2 is 1.92 bits per heavy atom. The van der Waals surface area contributed by atoms with Crippen LogP contribution >= 0.6 is 24.0 Å². The van der Waals surface area contributed by atoms with E-state index in [0.29, 0.717) is 19.8 Å². The lowest BCUT2D eigenvalue weighted by molar-refractivity contribution is -0.149. The van der Waals surface area contributed by atoms with E-state index in [2.05, 4.69) is 27.3 Å². The number of benzene rings is 1. The molecule has 0 aromatic heterocycles. The first-order valence-corrected chi connectivity index (χ1v) is 8.87. The summed E-state index contributed by atoms with van der Waals surface area (Å²) in [5.41, 5.74) is 2.38. The molecular formula is C19H30IN3O3. The van der Waals surface area contributed by atoms with Crippen LogP contribution in [0.25, 0.3) is 0 Å². The van der Waals surface area contributed by atoms with Crippen LogP contribution in [0.3, 0.4) is 0 Å². The summed E-state index contributed by atoms with van der Waals surface area (Å²) in [6, 6.07) is 8.23. The smallest absolute Gasteiger partial charge is 0.309 e. The molecule has 0 radical (unpaired) electrons. The largest absolute Gasteiger partial charge is 0.466 e. The number of carbonyl (C=O) groups excluding carboxylic acids is 1. The normalized spacial score (nSPS) is 15.3. The number of guanidine groups is 1. The zero-order valence-corrected chi connectivity index (χ0v) is 18.2. The molecule has 1 aromatic rings. The number of hydrogen-bond donors (Lipinski definition) is 1. The number of hydrogen-bond acceptors (Lipinski definition) is 4. The van der Waals surface area contributed by atoms with Crippen molar-refractivity contribution in [2.24, 2.45) is 10.9 Å². The first-order chi connectivity index (χ1) is 12.2. The molecule has 1 aliphatic rings. The van der Waals surface area contributed by atoms with Crippen LogP contribution < -0.4 is 5.32 Å². The number of nitrogens with zero attached hydrogens (tertiary/aromatic N) is 2. The van der Waals surface area contributed by atoms with Gasteiger partial charge in [-0.2, -0.15) is 0 Å². The summed E-state index contributed by atoms with van der Waals surface area (Å²) in [6.45, 7) is 5.21. The molecule has 1 saturated heterocycles. The molecule has 1 aromatic carbocycles. The summed E-state index contributed by atoms with van der Waals surface area (Å²) in [6.07, 6.45) is 1.61. The van der Waals surface area contributed by atoms with Gasteiger partial charge in [-0.05, 0) is 30.9 Å². The van der Waals surface area contributed by atoms with E-state index in [9.17, 15) is 4.79 Å². The predicted octanol–water partition coefficient (Wildman–Crippen LogP) is 2.80. The monoisotopic (exact) mass is 475 g/mol. The van der Waals surface area contributed by atoms with E-state index in [4.69, 9.17) is 9.47 Å². The van der Waals surface area contributed by atoms with Crippen LogP contribution in [0.1, 0.15) is 30.9 Å². The second-order valence-electron chi connectivity index (χ2n) is 6.12. The van der Waals surface area contributed by atoms with Gasteiger partial charge in [0.05, 0.1) is 19.1 Å². The summed E-state index contributed by atoms with van der Waals surface area (Å²) in [7, 11) is 3.50. The van der Waals surface area contributed by atoms with E-state index < -0.39 is 0 Å². The second-order valence-corrected chi connectivity index (χ2v) is 6.12. The first-order valence-electron chi connectivity index (χ1n) is 8.87. The zero-order chi connectivity index (χ0) is 18.1. The highest BCUT2D eigenvalue weighted by Crippen LogP contribution is 2.19. The van der Waals surface area contributed by atoms with Crippen molar-refractivity contribution in [3.8, 4) is 0 Å². The van der Waals surface area contributed by atoms with Crippen LogP contribution in [0.4, 0.5) is 0 Å². The van der Waals surface area contributed by atoms with Crippen molar-refractivity contribution in [1.29, 1.82) is 0 Å². The fraction of sp³-hybridized carbons (Fsp3) is 0.579. The second kappa shape index (κ2) is 12.1. The lowest BCUT2D eigenvalue weighted by atomic mass is 9.97. The van der Waals surface area contributed by atoms with Gasteiger partial charge in [0.15, 0.2) is 5.96 Å². The highest BCUT2D eigenvalue weighted by atomic mass is 127. The molecule has 2 rings (SSSR count).